The van der Waals surface area contributed by atoms with Crippen LogP contribution in [0.5, 0.6) is 5.75 Å². The van der Waals surface area contributed by atoms with Gasteiger partial charge in [-0.25, -0.2) is 0 Å². The van der Waals surface area contributed by atoms with Gasteiger partial charge in [0.05, 0.1) is 0 Å². The lowest BCUT2D eigenvalue weighted by molar-refractivity contribution is 0.0743. The highest BCUT2D eigenvalue weighted by atomic mass is 16.3. The Hall–Kier alpha value is -2.49. The molecule has 0 atom stereocenters. The van der Waals surface area contributed by atoms with E-state index in [1.807, 2.05) is 31.2 Å². The Balaban J connectivity index is 2.18. The number of carbonyl (C=O) groups excluding carboxylic acids is 1. The van der Waals surface area contributed by atoms with Gasteiger partial charge >= 0.3 is 0 Å². The SMILES string of the molecule is CCCN(Cc1cccc(N)c1)C(=O)c1ccc(O)cc1. The molecule has 0 aromatic heterocycles. The topological polar surface area (TPSA) is 66.6 Å². The van der Waals surface area contributed by atoms with E-state index in [0.717, 1.165) is 12.0 Å². The van der Waals surface area contributed by atoms with E-state index in [1.165, 1.54) is 12.1 Å². The minimum atomic E-state index is -0.0423. The van der Waals surface area contributed by atoms with Crippen LogP contribution in [0.25, 0.3) is 0 Å². The van der Waals surface area contributed by atoms with Gasteiger partial charge in [0.15, 0.2) is 0 Å². The molecule has 21 heavy (non-hydrogen) atoms. The molecule has 0 bridgehead atoms. The molecular formula is C17H20N2O2. The highest BCUT2D eigenvalue weighted by Crippen LogP contribution is 2.15. The van der Waals surface area contributed by atoms with Crippen molar-refractivity contribution in [3.8, 4) is 5.75 Å². The smallest absolute Gasteiger partial charge is 0.254 e. The molecule has 0 fully saturated rings. The quantitative estimate of drug-likeness (QED) is 0.829. The maximum Gasteiger partial charge on any atom is 0.254 e. The zero-order chi connectivity index (χ0) is 15.2. The van der Waals surface area contributed by atoms with Crippen LogP contribution >= 0.6 is 0 Å². The first-order chi connectivity index (χ1) is 10.1. The molecule has 2 aromatic carbocycles. The summed E-state index contributed by atoms with van der Waals surface area (Å²) in [6.45, 7) is 3.24. The summed E-state index contributed by atoms with van der Waals surface area (Å²) in [5.41, 5.74) is 8.06. The maximum atomic E-state index is 12.5. The van der Waals surface area contributed by atoms with Crippen molar-refractivity contribution >= 4 is 11.6 Å². The fraction of sp³-hybridized carbons (Fsp3) is 0.235. The number of nitrogens with zero attached hydrogens (tertiary/aromatic N) is 1. The van der Waals surface area contributed by atoms with Crippen molar-refractivity contribution in [2.24, 2.45) is 0 Å². The molecule has 0 aliphatic rings. The van der Waals surface area contributed by atoms with Crippen LogP contribution in [0.4, 0.5) is 5.69 Å². The average Bonchev–Trinajstić information content (AvgIpc) is 2.47. The average molecular weight is 284 g/mol. The van der Waals surface area contributed by atoms with Crippen LogP contribution in [0.3, 0.4) is 0 Å². The summed E-state index contributed by atoms with van der Waals surface area (Å²) in [6, 6.07) is 13.9. The fourth-order valence-corrected chi connectivity index (χ4v) is 2.22. The van der Waals surface area contributed by atoms with E-state index in [9.17, 15) is 9.90 Å². The zero-order valence-corrected chi connectivity index (χ0v) is 12.1. The second-order valence-corrected chi connectivity index (χ2v) is 5.02. The Morgan fingerprint density at radius 3 is 2.52 bits per heavy atom. The third-order valence-corrected chi connectivity index (χ3v) is 3.22. The standard InChI is InChI=1S/C17H20N2O2/c1-2-10-19(12-13-4-3-5-15(18)11-13)17(21)14-6-8-16(20)9-7-14/h3-9,11,20H,2,10,12,18H2,1H3. The van der Waals surface area contributed by atoms with Crippen molar-refractivity contribution in [3.63, 3.8) is 0 Å². The second kappa shape index (κ2) is 6.79. The predicted octanol–water partition coefficient (Wildman–Crippen LogP) is 3.03. The number of nitrogens with two attached hydrogens (primary N) is 1. The molecule has 0 unspecified atom stereocenters. The number of rotatable bonds is 5. The van der Waals surface area contributed by atoms with Gasteiger partial charge in [0, 0.05) is 24.3 Å². The number of nitrogen functional groups attached to an aromatic ring is 1. The van der Waals surface area contributed by atoms with E-state index in [2.05, 4.69) is 0 Å². The first-order valence-electron chi connectivity index (χ1n) is 7.03. The number of benzene rings is 2. The number of carbonyl (C=O) groups is 1. The Morgan fingerprint density at radius 2 is 1.90 bits per heavy atom. The predicted molar refractivity (Wildman–Crippen MR) is 84.0 cm³/mol. The van der Waals surface area contributed by atoms with E-state index < -0.39 is 0 Å². The van der Waals surface area contributed by atoms with Crippen LogP contribution in [0.15, 0.2) is 48.5 Å². The van der Waals surface area contributed by atoms with Crippen LogP contribution in [0.2, 0.25) is 0 Å². The molecule has 110 valence electrons. The van der Waals surface area contributed by atoms with E-state index in [-0.39, 0.29) is 11.7 Å². The molecule has 0 aliphatic heterocycles. The van der Waals surface area contributed by atoms with Gasteiger partial charge in [0.2, 0.25) is 0 Å². The van der Waals surface area contributed by atoms with Crippen LogP contribution in [-0.4, -0.2) is 22.5 Å². The molecule has 2 aromatic rings. The summed E-state index contributed by atoms with van der Waals surface area (Å²) in [7, 11) is 0. The summed E-state index contributed by atoms with van der Waals surface area (Å²) in [4.78, 5) is 14.3. The zero-order valence-electron chi connectivity index (χ0n) is 12.1. The molecule has 4 nitrogen and oxygen atoms in total. The van der Waals surface area contributed by atoms with Gasteiger partial charge < -0.3 is 15.7 Å². The lowest BCUT2D eigenvalue weighted by Crippen LogP contribution is -2.31. The highest BCUT2D eigenvalue weighted by molar-refractivity contribution is 5.94. The Bertz CT molecular complexity index is 608. The van der Waals surface area contributed by atoms with Crippen LogP contribution < -0.4 is 5.73 Å². The molecule has 0 spiro atoms. The monoisotopic (exact) mass is 284 g/mol. The first kappa shape index (κ1) is 14.9. The van der Waals surface area contributed by atoms with Crippen molar-refractivity contribution in [1.29, 1.82) is 0 Å². The number of aromatic hydroxyl groups is 1. The first-order valence-corrected chi connectivity index (χ1v) is 7.03. The molecule has 0 heterocycles. The molecule has 3 N–H and O–H groups in total. The van der Waals surface area contributed by atoms with Gasteiger partial charge in [-0.3, -0.25) is 4.79 Å². The van der Waals surface area contributed by atoms with Crippen molar-refractivity contribution in [1.82, 2.24) is 4.90 Å². The van der Waals surface area contributed by atoms with Gasteiger partial charge in [-0.1, -0.05) is 19.1 Å². The van der Waals surface area contributed by atoms with Crippen molar-refractivity contribution in [2.45, 2.75) is 19.9 Å². The van der Waals surface area contributed by atoms with E-state index in [1.54, 1.807) is 17.0 Å². The molecule has 0 radical (unpaired) electrons. The molecule has 4 heteroatoms. The molecule has 0 saturated heterocycles. The second-order valence-electron chi connectivity index (χ2n) is 5.02. The van der Waals surface area contributed by atoms with Gasteiger partial charge in [0.25, 0.3) is 5.91 Å². The third-order valence-electron chi connectivity index (χ3n) is 3.22. The Morgan fingerprint density at radius 1 is 1.19 bits per heavy atom. The minimum Gasteiger partial charge on any atom is -0.508 e. The Kier molecular flexibility index (Phi) is 4.82. The molecule has 2 rings (SSSR count). The number of hydrogen-bond acceptors (Lipinski definition) is 3. The van der Waals surface area contributed by atoms with Gasteiger partial charge in [-0.2, -0.15) is 0 Å². The number of amides is 1. The minimum absolute atomic E-state index is 0.0423. The maximum absolute atomic E-state index is 12.5. The van der Waals surface area contributed by atoms with E-state index in [4.69, 9.17) is 5.73 Å². The highest BCUT2D eigenvalue weighted by Gasteiger charge is 2.15. The Labute approximate surface area is 124 Å². The largest absolute Gasteiger partial charge is 0.508 e. The summed E-state index contributed by atoms with van der Waals surface area (Å²) in [5.74, 6) is 0.115. The molecular weight excluding hydrogens is 264 g/mol. The van der Waals surface area contributed by atoms with Crippen LogP contribution in [0, 0.1) is 0 Å². The molecule has 1 amide bonds. The van der Waals surface area contributed by atoms with Crippen LogP contribution in [-0.2, 0) is 6.54 Å². The summed E-state index contributed by atoms with van der Waals surface area (Å²) in [6.07, 6.45) is 0.881. The molecule has 0 saturated carbocycles. The molecule has 0 aliphatic carbocycles. The van der Waals surface area contributed by atoms with Crippen molar-refractivity contribution in [3.05, 3.63) is 59.7 Å². The summed E-state index contributed by atoms with van der Waals surface area (Å²) >= 11 is 0. The lowest BCUT2D eigenvalue weighted by atomic mass is 10.1. The number of phenolic OH excluding ortho intramolecular Hbond substituents is 1. The lowest BCUT2D eigenvalue weighted by Gasteiger charge is -2.22. The number of phenols is 1. The third kappa shape index (κ3) is 3.99. The van der Waals surface area contributed by atoms with Crippen molar-refractivity contribution in [2.75, 3.05) is 12.3 Å². The van der Waals surface area contributed by atoms with E-state index in [0.29, 0.717) is 24.3 Å². The normalized spacial score (nSPS) is 10.3. The van der Waals surface area contributed by atoms with E-state index >= 15 is 0 Å². The number of anilines is 1. The summed E-state index contributed by atoms with van der Waals surface area (Å²) < 4.78 is 0. The van der Waals surface area contributed by atoms with Crippen LogP contribution in [0.1, 0.15) is 29.3 Å². The van der Waals surface area contributed by atoms with Gasteiger partial charge in [-0.15, -0.1) is 0 Å². The van der Waals surface area contributed by atoms with Gasteiger partial charge in [-0.05, 0) is 48.4 Å². The van der Waals surface area contributed by atoms with Crippen molar-refractivity contribution < 1.29 is 9.90 Å². The number of hydrogen-bond donors (Lipinski definition) is 2. The van der Waals surface area contributed by atoms with Gasteiger partial charge in [0.1, 0.15) is 5.75 Å². The summed E-state index contributed by atoms with van der Waals surface area (Å²) in [5, 5.41) is 9.31. The fourth-order valence-electron chi connectivity index (χ4n) is 2.22.